The van der Waals surface area contributed by atoms with Gasteiger partial charge in [-0.25, -0.2) is 0 Å². The molecule has 0 aliphatic heterocycles. The van der Waals surface area contributed by atoms with E-state index in [0.29, 0.717) is 35.3 Å². The molecular weight excluding hydrogens is 318 g/mol. The number of aryl methyl sites for hydroxylation is 1. The first-order valence-electron chi connectivity index (χ1n) is 8.08. The van der Waals surface area contributed by atoms with Crippen LogP contribution >= 0.6 is 0 Å². The number of aromatic nitrogens is 2. The van der Waals surface area contributed by atoms with Crippen molar-refractivity contribution in [3.8, 4) is 0 Å². The van der Waals surface area contributed by atoms with Gasteiger partial charge in [-0.3, -0.25) is 19.4 Å². The highest BCUT2D eigenvalue weighted by molar-refractivity contribution is 6.09. The van der Waals surface area contributed by atoms with E-state index in [1.54, 1.807) is 18.3 Å². The number of Topliss-reactive ketones (excluding diaryl/α,β-unsaturated/α-hetero) is 1. The van der Waals surface area contributed by atoms with Gasteiger partial charge in [-0.2, -0.15) is 0 Å². The fourth-order valence-electron chi connectivity index (χ4n) is 3.14. The minimum atomic E-state index is -0.555. The van der Waals surface area contributed by atoms with Crippen molar-refractivity contribution in [2.45, 2.75) is 19.3 Å². The molecule has 0 spiro atoms. The zero-order chi connectivity index (χ0) is 17.4. The zero-order valence-corrected chi connectivity index (χ0v) is 13.3. The molecule has 1 aromatic carbocycles. The summed E-state index contributed by atoms with van der Waals surface area (Å²) in [6.07, 6.45) is 3.44. The molecule has 2 aromatic heterocycles. The van der Waals surface area contributed by atoms with Gasteiger partial charge in [0.1, 0.15) is 5.56 Å². The summed E-state index contributed by atoms with van der Waals surface area (Å²) in [4.78, 5) is 43.8. The fraction of sp³-hybridized carbons (Fsp3) is 0.158. The molecule has 6 heteroatoms. The van der Waals surface area contributed by atoms with Crippen molar-refractivity contribution in [1.29, 1.82) is 0 Å². The lowest BCUT2D eigenvalue weighted by molar-refractivity contribution is 0.0971. The summed E-state index contributed by atoms with van der Waals surface area (Å²) in [6.45, 7) is 0. The molecule has 0 saturated heterocycles. The number of anilines is 1. The fourth-order valence-corrected chi connectivity index (χ4v) is 3.14. The van der Waals surface area contributed by atoms with Crippen molar-refractivity contribution in [2.75, 3.05) is 5.32 Å². The van der Waals surface area contributed by atoms with E-state index in [1.165, 1.54) is 6.07 Å². The molecule has 2 N–H and O–H groups in total. The molecule has 0 bridgehead atoms. The van der Waals surface area contributed by atoms with Crippen molar-refractivity contribution in [2.24, 2.45) is 0 Å². The number of para-hydroxylation sites is 1. The third kappa shape index (κ3) is 2.71. The first kappa shape index (κ1) is 15.3. The van der Waals surface area contributed by atoms with Gasteiger partial charge < -0.3 is 10.3 Å². The van der Waals surface area contributed by atoms with Crippen LogP contribution in [0.1, 0.15) is 39.3 Å². The van der Waals surface area contributed by atoms with Crippen LogP contribution in [0.4, 0.5) is 5.69 Å². The Hall–Kier alpha value is -3.28. The SMILES string of the molecule is O=C1CCCc2[nH]c(=O)c(C(=O)Nc3cccc4cccnc34)cc21. The Balaban J connectivity index is 1.73. The van der Waals surface area contributed by atoms with Crippen molar-refractivity contribution >= 4 is 28.3 Å². The van der Waals surface area contributed by atoms with E-state index in [2.05, 4.69) is 15.3 Å². The van der Waals surface area contributed by atoms with Gasteiger partial charge in [0.05, 0.1) is 11.2 Å². The number of pyridine rings is 2. The Morgan fingerprint density at radius 2 is 1.96 bits per heavy atom. The Bertz CT molecular complexity index is 1060. The molecule has 0 unspecified atom stereocenters. The third-order valence-electron chi connectivity index (χ3n) is 4.38. The lowest BCUT2D eigenvalue weighted by atomic mass is 9.93. The van der Waals surface area contributed by atoms with E-state index in [9.17, 15) is 14.4 Å². The summed E-state index contributed by atoms with van der Waals surface area (Å²) >= 11 is 0. The van der Waals surface area contributed by atoms with Gasteiger partial charge in [-0.05, 0) is 31.0 Å². The number of nitrogens with zero attached hydrogens (tertiary/aromatic N) is 1. The number of fused-ring (bicyclic) bond motifs is 2. The summed E-state index contributed by atoms with van der Waals surface area (Å²) in [5.74, 6) is -0.598. The molecule has 4 rings (SSSR count). The molecule has 0 saturated carbocycles. The number of nitrogens with one attached hydrogen (secondary N) is 2. The van der Waals surface area contributed by atoms with Crippen molar-refractivity contribution in [3.05, 3.63) is 69.8 Å². The predicted molar refractivity (Wildman–Crippen MR) is 94.0 cm³/mol. The molecule has 1 aliphatic rings. The largest absolute Gasteiger partial charge is 0.325 e. The van der Waals surface area contributed by atoms with Crippen LogP contribution in [-0.2, 0) is 6.42 Å². The molecule has 25 heavy (non-hydrogen) atoms. The topological polar surface area (TPSA) is 91.9 Å². The number of rotatable bonds is 2. The Labute approximate surface area is 142 Å². The number of H-pyrrole nitrogens is 1. The highest BCUT2D eigenvalue weighted by atomic mass is 16.2. The van der Waals surface area contributed by atoms with E-state index in [0.717, 1.165) is 11.8 Å². The molecule has 0 fully saturated rings. The quantitative estimate of drug-likeness (QED) is 0.754. The average molecular weight is 333 g/mol. The summed E-state index contributed by atoms with van der Waals surface area (Å²) in [5.41, 5.74) is 1.66. The van der Waals surface area contributed by atoms with Gasteiger partial charge >= 0.3 is 0 Å². The van der Waals surface area contributed by atoms with Crippen LogP contribution in [-0.4, -0.2) is 21.7 Å². The van der Waals surface area contributed by atoms with E-state index < -0.39 is 11.5 Å². The van der Waals surface area contributed by atoms with E-state index in [1.807, 2.05) is 18.2 Å². The van der Waals surface area contributed by atoms with Crippen LogP contribution in [0.3, 0.4) is 0 Å². The first-order valence-corrected chi connectivity index (χ1v) is 8.08. The maximum Gasteiger partial charge on any atom is 0.261 e. The van der Waals surface area contributed by atoms with E-state index in [-0.39, 0.29) is 11.3 Å². The smallest absolute Gasteiger partial charge is 0.261 e. The summed E-state index contributed by atoms with van der Waals surface area (Å²) < 4.78 is 0. The summed E-state index contributed by atoms with van der Waals surface area (Å²) in [7, 11) is 0. The maximum atomic E-state index is 12.6. The number of hydrogen-bond donors (Lipinski definition) is 2. The molecule has 2 heterocycles. The minimum absolute atomic E-state index is 0.0432. The van der Waals surface area contributed by atoms with Crippen molar-refractivity contribution in [1.82, 2.24) is 9.97 Å². The molecule has 6 nitrogen and oxygen atoms in total. The second kappa shape index (κ2) is 5.98. The zero-order valence-electron chi connectivity index (χ0n) is 13.3. The summed E-state index contributed by atoms with van der Waals surface area (Å²) in [5, 5.41) is 3.62. The normalized spacial score (nSPS) is 13.5. The van der Waals surface area contributed by atoms with Crippen LogP contribution in [0.5, 0.6) is 0 Å². The predicted octanol–water partition coefficient (Wildman–Crippen LogP) is 2.69. The van der Waals surface area contributed by atoms with Crippen LogP contribution in [0.25, 0.3) is 10.9 Å². The van der Waals surface area contributed by atoms with E-state index >= 15 is 0 Å². The van der Waals surface area contributed by atoms with Gasteiger partial charge in [0.25, 0.3) is 11.5 Å². The second-order valence-electron chi connectivity index (χ2n) is 6.02. The van der Waals surface area contributed by atoms with Crippen LogP contribution < -0.4 is 10.9 Å². The number of benzene rings is 1. The average Bonchev–Trinajstić information content (AvgIpc) is 2.62. The lowest BCUT2D eigenvalue weighted by Gasteiger charge is -2.15. The van der Waals surface area contributed by atoms with Gasteiger partial charge in [0, 0.05) is 29.3 Å². The Morgan fingerprint density at radius 1 is 1.12 bits per heavy atom. The van der Waals surface area contributed by atoms with Gasteiger partial charge in [-0.1, -0.05) is 18.2 Å². The molecule has 0 radical (unpaired) electrons. The molecule has 1 amide bonds. The van der Waals surface area contributed by atoms with Crippen molar-refractivity contribution < 1.29 is 9.59 Å². The van der Waals surface area contributed by atoms with Crippen LogP contribution in [0, 0.1) is 0 Å². The monoisotopic (exact) mass is 333 g/mol. The Kier molecular flexibility index (Phi) is 3.65. The third-order valence-corrected chi connectivity index (χ3v) is 4.38. The van der Waals surface area contributed by atoms with Crippen LogP contribution in [0.15, 0.2) is 47.4 Å². The number of amides is 1. The first-order chi connectivity index (χ1) is 12.1. The number of aromatic amines is 1. The number of hydrogen-bond acceptors (Lipinski definition) is 4. The number of ketones is 1. The van der Waals surface area contributed by atoms with Crippen LogP contribution in [0.2, 0.25) is 0 Å². The van der Waals surface area contributed by atoms with Gasteiger partial charge in [-0.15, -0.1) is 0 Å². The van der Waals surface area contributed by atoms with Gasteiger partial charge in [0.15, 0.2) is 5.78 Å². The molecular formula is C19H15N3O3. The summed E-state index contributed by atoms with van der Waals surface area (Å²) in [6, 6.07) is 10.5. The highest BCUT2D eigenvalue weighted by Gasteiger charge is 2.22. The molecule has 1 aliphatic carbocycles. The van der Waals surface area contributed by atoms with E-state index in [4.69, 9.17) is 0 Å². The lowest BCUT2D eigenvalue weighted by Crippen LogP contribution is -2.27. The molecule has 124 valence electrons. The minimum Gasteiger partial charge on any atom is -0.325 e. The second-order valence-corrected chi connectivity index (χ2v) is 6.02. The van der Waals surface area contributed by atoms with Crippen molar-refractivity contribution in [3.63, 3.8) is 0 Å². The maximum absolute atomic E-state index is 12.6. The molecule has 3 aromatic rings. The Morgan fingerprint density at radius 3 is 2.84 bits per heavy atom. The molecule has 0 atom stereocenters. The number of carbonyl (C=O) groups excluding carboxylic acids is 2. The van der Waals surface area contributed by atoms with Gasteiger partial charge in [0.2, 0.25) is 0 Å². The number of carbonyl (C=O) groups is 2. The highest BCUT2D eigenvalue weighted by Crippen LogP contribution is 2.22. The standard InChI is InChI=1S/C19H15N3O3/c23-16-8-2-6-14-12(16)10-13(18(24)21-14)19(25)22-15-7-1-4-11-5-3-9-20-17(11)15/h1,3-5,7,9-10H,2,6,8H2,(H,21,24)(H,22,25).